The summed E-state index contributed by atoms with van der Waals surface area (Å²) in [5.74, 6) is 1.20. The molecule has 0 aromatic heterocycles. The van der Waals surface area contributed by atoms with Crippen molar-refractivity contribution in [3.8, 4) is 5.75 Å². The van der Waals surface area contributed by atoms with Gasteiger partial charge in [-0.1, -0.05) is 38.7 Å². The summed E-state index contributed by atoms with van der Waals surface area (Å²) < 4.78 is 58.2. The molecule has 2 saturated carbocycles. The summed E-state index contributed by atoms with van der Waals surface area (Å²) in [4.78, 5) is 12.4. The molecular weight excluding hydrogens is 444 g/mol. The second-order valence-corrected chi connectivity index (χ2v) is 10.00. The number of carbonyl (C=O) groups is 1. The Balaban J connectivity index is 1.36. The van der Waals surface area contributed by atoms with Gasteiger partial charge >= 0.3 is 12.1 Å². The molecule has 0 amide bonds. The normalized spacial score (nSPS) is 25.0. The van der Waals surface area contributed by atoms with Crippen molar-refractivity contribution in [2.75, 3.05) is 0 Å². The molecule has 2 aromatic rings. The summed E-state index contributed by atoms with van der Waals surface area (Å²) in [6.45, 7) is 2.24. The number of carbonyl (C=O) groups excluding carboxylic acids is 1. The largest absolute Gasteiger partial charge is 0.423 e. The van der Waals surface area contributed by atoms with E-state index in [0.29, 0.717) is 11.5 Å². The van der Waals surface area contributed by atoms with Crippen molar-refractivity contribution >= 4 is 5.97 Å². The predicted molar refractivity (Wildman–Crippen MR) is 123 cm³/mol. The molecule has 184 valence electrons. The number of benzene rings is 2. The highest BCUT2D eigenvalue weighted by atomic mass is 19.4. The smallest absolute Gasteiger partial charge is 0.416 e. The quantitative estimate of drug-likeness (QED) is 0.237. The zero-order valence-electron chi connectivity index (χ0n) is 19.5. The third-order valence-corrected chi connectivity index (χ3v) is 7.76. The Bertz CT molecular complexity index is 983. The van der Waals surface area contributed by atoms with Crippen molar-refractivity contribution < 1.29 is 27.1 Å². The van der Waals surface area contributed by atoms with Crippen LogP contribution >= 0.6 is 0 Å². The van der Waals surface area contributed by atoms with E-state index in [1.807, 2.05) is 0 Å². The minimum absolute atomic E-state index is 0.0182. The van der Waals surface area contributed by atoms with Crippen LogP contribution in [-0.2, 0) is 6.18 Å². The highest BCUT2D eigenvalue weighted by molar-refractivity contribution is 5.91. The number of halogens is 4. The lowest BCUT2D eigenvalue weighted by Gasteiger charge is -2.42. The molecule has 4 unspecified atom stereocenters. The first-order chi connectivity index (χ1) is 16.2. The van der Waals surface area contributed by atoms with Crippen LogP contribution in [0.15, 0.2) is 42.5 Å². The molecule has 4 rings (SSSR count). The molecule has 0 radical (unpaired) electrons. The van der Waals surface area contributed by atoms with Gasteiger partial charge in [0.15, 0.2) is 0 Å². The third kappa shape index (κ3) is 5.81. The zero-order valence-corrected chi connectivity index (χ0v) is 19.5. The van der Waals surface area contributed by atoms with Gasteiger partial charge < -0.3 is 4.74 Å². The second kappa shape index (κ2) is 10.5. The zero-order chi connectivity index (χ0) is 24.3. The molecule has 0 bridgehead atoms. The van der Waals surface area contributed by atoms with Crippen LogP contribution in [0.5, 0.6) is 5.75 Å². The summed E-state index contributed by atoms with van der Waals surface area (Å²) in [6, 6.07) is 8.28. The molecule has 2 fully saturated rings. The van der Waals surface area contributed by atoms with E-state index in [-0.39, 0.29) is 17.2 Å². The van der Waals surface area contributed by atoms with Gasteiger partial charge in [-0.2, -0.15) is 13.2 Å². The fraction of sp³-hybridized carbons (Fsp3) is 0.536. The average molecular weight is 477 g/mol. The van der Waals surface area contributed by atoms with E-state index < -0.39 is 23.5 Å². The summed E-state index contributed by atoms with van der Waals surface area (Å²) in [5, 5.41) is 0. The molecular formula is C28H32F4O2. The maximum Gasteiger partial charge on any atom is 0.416 e. The van der Waals surface area contributed by atoms with E-state index in [9.17, 15) is 18.0 Å². The Labute approximate surface area is 198 Å². The van der Waals surface area contributed by atoms with Crippen LogP contribution in [0.1, 0.15) is 92.1 Å². The first-order valence-corrected chi connectivity index (χ1v) is 12.4. The maximum absolute atomic E-state index is 15.0. The second-order valence-electron chi connectivity index (χ2n) is 10.00. The van der Waals surface area contributed by atoms with Gasteiger partial charge in [0.05, 0.1) is 11.1 Å². The van der Waals surface area contributed by atoms with Crippen LogP contribution in [-0.4, -0.2) is 5.97 Å². The van der Waals surface area contributed by atoms with Crippen LogP contribution in [0.4, 0.5) is 17.6 Å². The third-order valence-electron chi connectivity index (χ3n) is 7.76. The summed E-state index contributed by atoms with van der Waals surface area (Å²) in [7, 11) is 0. The van der Waals surface area contributed by atoms with E-state index in [0.717, 1.165) is 55.4 Å². The monoisotopic (exact) mass is 476 g/mol. The van der Waals surface area contributed by atoms with Crippen molar-refractivity contribution in [3.63, 3.8) is 0 Å². The average Bonchev–Trinajstić information content (AvgIpc) is 2.82. The fourth-order valence-corrected chi connectivity index (χ4v) is 5.89. The summed E-state index contributed by atoms with van der Waals surface area (Å²) in [6.07, 6.45) is 6.36. The van der Waals surface area contributed by atoms with Crippen molar-refractivity contribution in [1.29, 1.82) is 0 Å². The lowest BCUT2D eigenvalue weighted by molar-refractivity contribution is -0.137. The van der Waals surface area contributed by atoms with Gasteiger partial charge in [-0.05, 0) is 97.7 Å². The maximum atomic E-state index is 15.0. The molecule has 4 atom stereocenters. The van der Waals surface area contributed by atoms with Gasteiger partial charge in [0.25, 0.3) is 0 Å². The van der Waals surface area contributed by atoms with Crippen molar-refractivity contribution in [2.24, 2.45) is 17.8 Å². The minimum Gasteiger partial charge on any atom is -0.423 e. The van der Waals surface area contributed by atoms with E-state index >= 15 is 4.39 Å². The molecule has 0 spiro atoms. The topological polar surface area (TPSA) is 26.3 Å². The summed E-state index contributed by atoms with van der Waals surface area (Å²) in [5.41, 5.74) is -0.129. The number of esters is 1. The first kappa shape index (κ1) is 24.7. The Morgan fingerprint density at radius 2 is 1.68 bits per heavy atom. The van der Waals surface area contributed by atoms with Gasteiger partial charge in [0, 0.05) is 0 Å². The molecule has 0 heterocycles. The Hall–Kier alpha value is -2.37. The molecule has 2 aliphatic carbocycles. The SMILES string of the molecule is CCCCC1CCC2CC(c3ccc(C(=O)Oc4ccc(C(F)(F)F)cc4)cc3F)CCC2C1. The number of hydrogen-bond donors (Lipinski definition) is 0. The molecule has 2 aromatic carbocycles. The van der Waals surface area contributed by atoms with Crippen molar-refractivity contribution in [3.05, 3.63) is 65.0 Å². The van der Waals surface area contributed by atoms with Crippen molar-refractivity contribution in [2.45, 2.75) is 76.8 Å². The molecule has 34 heavy (non-hydrogen) atoms. The first-order valence-electron chi connectivity index (χ1n) is 12.4. The fourth-order valence-electron chi connectivity index (χ4n) is 5.89. The van der Waals surface area contributed by atoms with Gasteiger partial charge in [-0.3, -0.25) is 0 Å². The van der Waals surface area contributed by atoms with Crippen LogP contribution in [0.3, 0.4) is 0 Å². The standard InChI is InChI=1S/C28H32F4O2/c1-2-3-4-18-5-6-20-16-21(8-7-19(20)15-18)25-14-9-22(17-26(25)29)27(33)34-24-12-10-23(11-13-24)28(30,31)32/h9-14,17-21H,2-8,15-16H2,1H3. The highest BCUT2D eigenvalue weighted by Crippen LogP contribution is 2.48. The molecule has 6 heteroatoms. The van der Waals surface area contributed by atoms with Crippen LogP contribution < -0.4 is 4.74 Å². The lowest BCUT2D eigenvalue weighted by Crippen LogP contribution is -2.30. The summed E-state index contributed by atoms with van der Waals surface area (Å²) >= 11 is 0. The Morgan fingerprint density at radius 3 is 2.35 bits per heavy atom. The number of unbranched alkanes of at least 4 members (excludes halogenated alkanes) is 1. The van der Waals surface area contributed by atoms with Gasteiger partial charge in [-0.25, -0.2) is 9.18 Å². The Morgan fingerprint density at radius 1 is 0.971 bits per heavy atom. The van der Waals surface area contributed by atoms with Gasteiger partial charge in [0.2, 0.25) is 0 Å². The van der Waals surface area contributed by atoms with E-state index in [1.54, 1.807) is 12.1 Å². The number of ether oxygens (including phenoxy) is 1. The van der Waals surface area contributed by atoms with E-state index in [2.05, 4.69) is 6.92 Å². The highest BCUT2D eigenvalue weighted by Gasteiger charge is 2.36. The molecule has 0 saturated heterocycles. The molecule has 0 aliphatic heterocycles. The number of fused-ring (bicyclic) bond motifs is 1. The number of rotatable bonds is 6. The minimum atomic E-state index is -4.46. The van der Waals surface area contributed by atoms with Crippen LogP contribution in [0.25, 0.3) is 0 Å². The van der Waals surface area contributed by atoms with Gasteiger partial charge in [0.1, 0.15) is 11.6 Å². The van der Waals surface area contributed by atoms with Crippen molar-refractivity contribution in [1.82, 2.24) is 0 Å². The van der Waals surface area contributed by atoms with E-state index in [1.165, 1.54) is 44.6 Å². The van der Waals surface area contributed by atoms with Crippen LogP contribution in [0, 0.1) is 23.6 Å². The molecule has 2 aliphatic rings. The Kier molecular flexibility index (Phi) is 7.63. The van der Waals surface area contributed by atoms with Crippen LogP contribution in [0.2, 0.25) is 0 Å². The molecule has 2 nitrogen and oxygen atoms in total. The van der Waals surface area contributed by atoms with E-state index in [4.69, 9.17) is 4.74 Å². The molecule has 0 N–H and O–H groups in total. The lowest BCUT2D eigenvalue weighted by atomic mass is 9.63. The number of alkyl halides is 3. The number of hydrogen-bond acceptors (Lipinski definition) is 2. The predicted octanol–water partition coefficient (Wildman–Crippen LogP) is 8.55. The van der Waals surface area contributed by atoms with Gasteiger partial charge in [-0.15, -0.1) is 0 Å².